The lowest BCUT2D eigenvalue weighted by Crippen LogP contribution is -2.28. The van der Waals surface area contributed by atoms with Crippen LogP contribution in [0.5, 0.6) is 0 Å². The zero-order valence-electron chi connectivity index (χ0n) is 11.1. The van der Waals surface area contributed by atoms with E-state index in [1.807, 2.05) is 6.92 Å². The van der Waals surface area contributed by atoms with Gasteiger partial charge in [0.1, 0.15) is 5.82 Å². The number of rotatable bonds is 3. The molecule has 1 saturated carbocycles. The minimum Gasteiger partial charge on any atom is -0.481 e. The number of hydrogen-bond acceptors (Lipinski definition) is 2. The van der Waals surface area contributed by atoms with Gasteiger partial charge in [0.05, 0.1) is 5.92 Å². The monoisotopic (exact) mass is 263 g/mol. The van der Waals surface area contributed by atoms with Crippen LogP contribution in [0, 0.1) is 29.0 Å². The van der Waals surface area contributed by atoms with Gasteiger partial charge >= 0.3 is 5.97 Å². The van der Waals surface area contributed by atoms with Crippen molar-refractivity contribution in [3.8, 4) is 0 Å². The number of benzene rings is 1. The summed E-state index contributed by atoms with van der Waals surface area (Å²) in [4.78, 5) is 11.2. The van der Waals surface area contributed by atoms with Gasteiger partial charge in [-0.1, -0.05) is 26.0 Å². The van der Waals surface area contributed by atoms with Crippen LogP contribution in [0.3, 0.4) is 0 Å². The summed E-state index contributed by atoms with van der Waals surface area (Å²) in [5.74, 6) is -1.98. The van der Waals surface area contributed by atoms with E-state index in [1.54, 1.807) is 19.1 Å². The van der Waals surface area contributed by atoms with Crippen LogP contribution in [0.25, 0.3) is 0 Å². The van der Waals surface area contributed by atoms with Gasteiger partial charge in [-0.2, -0.15) is 0 Å². The molecule has 4 heteroatoms. The Balaban J connectivity index is 2.34. The highest BCUT2D eigenvalue weighted by molar-refractivity contribution is 5.92. The van der Waals surface area contributed by atoms with E-state index in [0.29, 0.717) is 5.71 Å². The largest absolute Gasteiger partial charge is 0.481 e. The van der Waals surface area contributed by atoms with Crippen molar-refractivity contribution in [2.75, 3.05) is 0 Å². The second-order valence-electron chi connectivity index (χ2n) is 5.40. The van der Waals surface area contributed by atoms with Gasteiger partial charge in [0.15, 0.2) is 0 Å². The van der Waals surface area contributed by atoms with Gasteiger partial charge in [0.25, 0.3) is 0 Å². The van der Waals surface area contributed by atoms with Crippen molar-refractivity contribution in [1.82, 2.24) is 0 Å². The first-order valence-electron chi connectivity index (χ1n) is 6.48. The number of halogens is 1. The molecule has 19 heavy (non-hydrogen) atoms. The highest BCUT2D eigenvalue weighted by atomic mass is 19.1. The van der Waals surface area contributed by atoms with Gasteiger partial charge in [-0.3, -0.25) is 4.79 Å². The van der Waals surface area contributed by atoms with Crippen LogP contribution < -0.4 is 0 Å². The van der Waals surface area contributed by atoms with Crippen molar-refractivity contribution in [1.29, 1.82) is 5.41 Å². The van der Waals surface area contributed by atoms with E-state index in [9.17, 15) is 14.3 Å². The van der Waals surface area contributed by atoms with Crippen molar-refractivity contribution in [2.24, 2.45) is 17.8 Å². The Morgan fingerprint density at radius 3 is 2.53 bits per heavy atom. The fourth-order valence-electron chi connectivity index (χ4n) is 3.02. The topological polar surface area (TPSA) is 61.1 Å². The van der Waals surface area contributed by atoms with Crippen molar-refractivity contribution in [3.63, 3.8) is 0 Å². The predicted molar refractivity (Wildman–Crippen MR) is 70.9 cm³/mol. The van der Waals surface area contributed by atoms with Crippen molar-refractivity contribution in [2.45, 2.75) is 26.2 Å². The Hall–Kier alpha value is -1.71. The first-order chi connectivity index (χ1) is 8.91. The average Bonchev–Trinajstić information content (AvgIpc) is 2.66. The molecule has 1 fully saturated rings. The SMILES string of the molecule is CC(C(=O)O)[C@@H]1C(=N)[C@H](C)CC1c1ccc(F)cc1. The molecule has 2 N–H and O–H groups in total. The number of carboxylic acid groups (broad SMARTS) is 1. The smallest absolute Gasteiger partial charge is 0.306 e. The van der Waals surface area contributed by atoms with Gasteiger partial charge in [-0.25, -0.2) is 4.39 Å². The zero-order valence-corrected chi connectivity index (χ0v) is 11.1. The fraction of sp³-hybridized carbons (Fsp3) is 0.467. The second-order valence-corrected chi connectivity index (χ2v) is 5.40. The summed E-state index contributed by atoms with van der Waals surface area (Å²) in [6.07, 6.45) is 0.757. The lowest BCUT2D eigenvalue weighted by molar-refractivity contribution is -0.142. The number of carbonyl (C=O) groups is 1. The molecule has 102 valence electrons. The van der Waals surface area contributed by atoms with Crippen molar-refractivity contribution >= 4 is 11.7 Å². The number of nitrogens with one attached hydrogen (secondary N) is 1. The predicted octanol–water partition coefficient (Wildman–Crippen LogP) is 3.31. The lowest BCUT2D eigenvalue weighted by atomic mass is 9.80. The fourth-order valence-corrected chi connectivity index (χ4v) is 3.02. The first-order valence-corrected chi connectivity index (χ1v) is 6.48. The van der Waals surface area contributed by atoms with Gasteiger partial charge < -0.3 is 10.5 Å². The minimum atomic E-state index is -0.879. The zero-order chi connectivity index (χ0) is 14.2. The summed E-state index contributed by atoms with van der Waals surface area (Å²) in [6.45, 7) is 3.60. The summed E-state index contributed by atoms with van der Waals surface area (Å²) in [7, 11) is 0. The van der Waals surface area contributed by atoms with Crippen LogP contribution >= 0.6 is 0 Å². The maximum Gasteiger partial charge on any atom is 0.306 e. The highest BCUT2D eigenvalue weighted by Crippen LogP contribution is 2.44. The minimum absolute atomic E-state index is 0.00537. The molecule has 0 heterocycles. The van der Waals surface area contributed by atoms with E-state index in [1.165, 1.54) is 12.1 Å². The van der Waals surface area contributed by atoms with E-state index in [-0.39, 0.29) is 23.6 Å². The molecule has 1 aliphatic rings. The molecule has 0 amide bonds. The molecular formula is C15H18FNO2. The molecule has 0 aromatic heterocycles. The van der Waals surface area contributed by atoms with E-state index in [4.69, 9.17) is 5.41 Å². The molecule has 0 saturated heterocycles. The van der Waals surface area contributed by atoms with Crippen molar-refractivity contribution in [3.05, 3.63) is 35.6 Å². The molecule has 0 aliphatic heterocycles. The molecule has 0 bridgehead atoms. The maximum atomic E-state index is 13.0. The molecule has 1 aliphatic carbocycles. The molecular weight excluding hydrogens is 245 g/mol. The number of hydrogen-bond donors (Lipinski definition) is 2. The molecule has 2 rings (SSSR count). The summed E-state index contributed by atoms with van der Waals surface area (Å²) >= 11 is 0. The molecule has 2 unspecified atom stereocenters. The molecule has 1 aromatic rings. The number of carboxylic acids is 1. The Bertz CT molecular complexity index is 497. The molecule has 1 aromatic carbocycles. The van der Waals surface area contributed by atoms with Crippen LogP contribution in [0.4, 0.5) is 4.39 Å². The average molecular weight is 263 g/mol. The lowest BCUT2D eigenvalue weighted by Gasteiger charge is -2.23. The van der Waals surface area contributed by atoms with Crippen LogP contribution in [0.15, 0.2) is 24.3 Å². The summed E-state index contributed by atoms with van der Waals surface area (Å²) in [5.41, 5.74) is 1.43. The van der Waals surface area contributed by atoms with E-state index < -0.39 is 11.9 Å². The third-order valence-electron chi connectivity index (χ3n) is 4.16. The Kier molecular flexibility index (Phi) is 3.69. The third kappa shape index (κ3) is 2.53. The Labute approximate surface area is 112 Å². The summed E-state index contributed by atoms with van der Waals surface area (Å²) in [5, 5.41) is 17.3. The highest BCUT2D eigenvalue weighted by Gasteiger charge is 2.43. The van der Waals surface area contributed by atoms with Gasteiger partial charge in [0.2, 0.25) is 0 Å². The van der Waals surface area contributed by atoms with Crippen LogP contribution in [-0.2, 0) is 4.79 Å². The van der Waals surface area contributed by atoms with Crippen LogP contribution in [0.1, 0.15) is 31.7 Å². The van der Waals surface area contributed by atoms with Crippen molar-refractivity contribution < 1.29 is 14.3 Å². The summed E-state index contributed by atoms with van der Waals surface area (Å²) in [6, 6.07) is 6.19. The number of aliphatic carboxylic acids is 1. The van der Waals surface area contributed by atoms with Gasteiger partial charge in [0, 0.05) is 11.6 Å². The molecule has 4 atom stereocenters. The Morgan fingerprint density at radius 2 is 2.00 bits per heavy atom. The quantitative estimate of drug-likeness (QED) is 0.878. The second kappa shape index (κ2) is 5.11. The van der Waals surface area contributed by atoms with E-state index in [2.05, 4.69) is 0 Å². The molecule has 3 nitrogen and oxygen atoms in total. The standard InChI is InChI=1S/C15H18FNO2/c1-8-7-12(10-3-5-11(16)6-4-10)13(14(8)17)9(2)15(18)19/h3-6,8-9,12-13,17H,7H2,1-2H3,(H,18,19)/t8-,9?,12?,13+/m1/s1. The third-order valence-corrected chi connectivity index (χ3v) is 4.16. The van der Waals surface area contributed by atoms with E-state index in [0.717, 1.165) is 12.0 Å². The first kappa shape index (κ1) is 13.7. The van der Waals surface area contributed by atoms with E-state index >= 15 is 0 Å². The Morgan fingerprint density at radius 1 is 1.42 bits per heavy atom. The molecule has 0 radical (unpaired) electrons. The van der Waals surface area contributed by atoms with Crippen LogP contribution in [0.2, 0.25) is 0 Å². The van der Waals surface area contributed by atoms with Gasteiger partial charge in [-0.05, 0) is 36.0 Å². The van der Waals surface area contributed by atoms with Crippen LogP contribution in [-0.4, -0.2) is 16.8 Å². The molecule has 0 spiro atoms. The van der Waals surface area contributed by atoms with Gasteiger partial charge in [-0.15, -0.1) is 0 Å². The normalized spacial score (nSPS) is 28.4. The maximum absolute atomic E-state index is 13.0. The summed E-state index contributed by atoms with van der Waals surface area (Å²) < 4.78 is 13.0.